The van der Waals surface area contributed by atoms with Crippen molar-refractivity contribution in [3.8, 4) is 11.5 Å². The van der Waals surface area contributed by atoms with Gasteiger partial charge in [-0.15, -0.1) is 0 Å². The van der Waals surface area contributed by atoms with E-state index in [4.69, 9.17) is 21.1 Å². The minimum absolute atomic E-state index is 0.0916. The summed E-state index contributed by atoms with van der Waals surface area (Å²) in [5, 5.41) is 3.28. The molecule has 0 saturated carbocycles. The number of hydrogen-bond donors (Lipinski definition) is 1. The van der Waals surface area contributed by atoms with Gasteiger partial charge in [-0.2, -0.15) is 0 Å². The second-order valence-electron chi connectivity index (χ2n) is 5.51. The first kappa shape index (κ1) is 17.1. The maximum absolute atomic E-state index is 12.2. The van der Waals surface area contributed by atoms with E-state index in [2.05, 4.69) is 5.32 Å². The maximum Gasteiger partial charge on any atom is 0.265 e. The molecule has 0 spiro atoms. The van der Waals surface area contributed by atoms with Crippen molar-refractivity contribution in [2.24, 2.45) is 0 Å². The Bertz CT molecular complexity index is 792. The fraction of sp³-hybridized carbons (Fsp3) is 0.222. The molecule has 25 heavy (non-hydrogen) atoms. The third-order valence-corrected chi connectivity index (χ3v) is 4.05. The van der Waals surface area contributed by atoms with Crippen molar-refractivity contribution in [2.45, 2.75) is 6.54 Å². The van der Waals surface area contributed by atoms with Crippen LogP contribution in [0.4, 0.5) is 5.69 Å². The van der Waals surface area contributed by atoms with Crippen LogP contribution in [0.3, 0.4) is 0 Å². The average Bonchev–Trinajstić information content (AvgIpc) is 2.63. The number of fused-ring (bicyclic) bond motifs is 1. The van der Waals surface area contributed by atoms with Crippen molar-refractivity contribution in [3.63, 3.8) is 0 Å². The lowest BCUT2D eigenvalue weighted by Gasteiger charge is -2.29. The molecule has 1 heterocycles. The molecule has 0 atom stereocenters. The third-order valence-electron chi connectivity index (χ3n) is 3.81. The zero-order valence-corrected chi connectivity index (χ0v) is 14.4. The van der Waals surface area contributed by atoms with Gasteiger partial charge in [-0.1, -0.05) is 23.7 Å². The van der Waals surface area contributed by atoms with Crippen LogP contribution in [-0.4, -0.2) is 32.1 Å². The zero-order chi connectivity index (χ0) is 17.8. The van der Waals surface area contributed by atoms with E-state index < -0.39 is 0 Å². The molecule has 0 unspecified atom stereocenters. The van der Waals surface area contributed by atoms with Crippen molar-refractivity contribution in [1.82, 2.24) is 5.32 Å². The molecule has 6 nitrogen and oxygen atoms in total. The standard InChI is InChI=1S/C18H17ClN2O4/c1-24-14-5-2-12(3-6-14)9-20-17(22)10-21-15-8-13(19)4-7-16(15)25-11-18(21)23/h2-8H,9-11H2,1H3,(H,20,22). The van der Waals surface area contributed by atoms with Gasteiger partial charge in [0.2, 0.25) is 5.91 Å². The molecule has 3 rings (SSSR count). The molecule has 1 aliphatic rings. The first-order chi connectivity index (χ1) is 12.1. The second kappa shape index (κ2) is 7.44. The molecule has 0 aromatic heterocycles. The predicted octanol–water partition coefficient (Wildman–Crippen LogP) is 2.39. The summed E-state index contributed by atoms with van der Waals surface area (Å²) in [6.45, 7) is 0.176. The Balaban J connectivity index is 1.64. The number of nitrogens with one attached hydrogen (secondary N) is 1. The number of nitrogens with zero attached hydrogens (tertiary/aromatic N) is 1. The fourth-order valence-electron chi connectivity index (χ4n) is 2.49. The van der Waals surface area contributed by atoms with Gasteiger partial charge in [-0.25, -0.2) is 0 Å². The van der Waals surface area contributed by atoms with Gasteiger partial charge in [0.25, 0.3) is 5.91 Å². The monoisotopic (exact) mass is 360 g/mol. The highest BCUT2D eigenvalue weighted by Gasteiger charge is 2.27. The molecule has 2 aromatic rings. The summed E-state index contributed by atoms with van der Waals surface area (Å²) in [4.78, 5) is 25.7. The second-order valence-corrected chi connectivity index (χ2v) is 5.94. The first-order valence-electron chi connectivity index (χ1n) is 7.69. The van der Waals surface area contributed by atoms with E-state index >= 15 is 0 Å². The van der Waals surface area contributed by atoms with Crippen LogP contribution in [-0.2, 0) is 16.1 Å². The number of carbonyl (C=O) groups is 2. The lowest BCUT2D eigenvalue weighted by Crippen LogP contribution is -2.45. The lowest BCUT2D eigenvalue weighted by atomic mass is 10.2. The van der Waals surface area contributed by atoms with Gasteiger partial charge < -0.3 is 14.8 Å². The van der Waals surface area contributed by atoms with Gasteiger partial charge in [0.15, 0.2) is 6.61 Å². The topological polar surface area (TPSA) is 67.9 Å². The summed E-state index contributed by atoms with van der Waals surface area (Å²) in [6, 6.07) is 12.4. The Morgan fingerprint density at radius 2 is 2.04 bits per heavy atom. The predicted molar refractivity (Wildman–Crippen MR) is 94.1 cm³/mol. The van der Waals surface area contributed by atoms with Crippen LogP contribution in [0.5, 0.6) is 11.5 Å². The van der Waals surface area contributed by atoms with Gasteiger partial charge in [-0.05, 0) is 35.9 Å². The molecule has 1 N–H and O–H groups in total. The number of halogens is 1. The number of ether oxygens (including phenoxy) is 2. The highest BCUT2D eigenvalue weighted by molar-refractivity contribution is 6.31. The van der Waals surface area contributed by atoms with Crippen LogP contribution in [0, 0.1) is 0 Å². The molecule has 7 heteroatoms. The van der Waals surface area contributed by atoms with Gasteiger partial charge in [0.05, 0.1) is 12.8 Å². The molecule has 0 aliphatic carbocycles. The van der Waals surface area contributed by atoms with Gasteiger partial charge in [0.1, 0.15) is 18.0 Å². The van der Waals surface area contributed by atoms with Gasteiger partial charge in [0, 0.05) is 11.6 Å². The number of carbonyl (C=O) groups excluding carboxylic acids is 2. The lowest BCUT2D eigenvalue weighted by molar-refractivity contribution is -0.125. The Morgan fingerprint density at radius 1 is 1.28 bits per heavy atom. The number of amides is 2. The van der Waals surface area contributed by atoms with Crippen LogP contribution in [0.1, 0.15) is 5.56 Å². The highest BCUT2D eigenvalue weighted by Crippen LogP contribution is 2.34. The molecule has 0 saturated heterocycles. The van der Waals surface area contributed by atoms with Crippen LogP contribution in [0.15, 0.2) is 42.5 Å². The van der Waals surface area contributed by atoms with Crippen molar-refractivity contribution < 1.29 is 19.1 Å². The minimum atomic E-state index is -0.283. The summed E-state index contributed by atoms with van der Waals surface area (Å²) < 4.78 is 10.5. The Hall–Kier alpha value is -2.73. The van der Waals surface area contributed by atoms with E-state index in [1.807, 2.05) is 24.3 Å². The van der Waals surface area contributed by atoms with Gasteiger partial charge >= 0.3 is 0 Å². The van der Waals surface area contributed by atoms with Gasteiger partial charge in [-0.3, -0.25) is 14.5 Å². The largest absolute Gasteiger partial charge is 0.497 e. The third kappa shape index (κ3) is 4.03. The summed E-state index contributed by atoms with van der Waals surface area (Å²) in [7, 11) is 1.60. The normalized spacial score (nSPS) is 13.0. The molecular weight excluding hydrogens is 344 g/mol. The molecule has 2 amide bonds. The molecule has 0 radical (unpaired) electrons. The molecule has 0 fully saturated rings. The number of methoxy groups -OCH3 is 1. The van der Waals surface area contributed by atoms with Crippen molar-refractivity contribution in [2.75, 3.05) is 25.2 Å². The summed E-state index contributed by atoms with van der Waals surface area (Å²) in [6.07, 6.45) is 0. The number of rotatable bonds is 5. The average molecular weight is 361 g/mol. The molecule has 0 bridgehead atoms. The summed E-state index contributed by atoms with van der Waals surface area (Å²) in [5.41, 5.74) is 1.44. The number of hydrogen-bond acceptors (Lipinski definition) is 4. The van der Waals surface area contributed by atoms with E-state index in [-0.39, 0.29) is 25.0 Å². The first-order valence-corrected chi connectivity index (χ1v) is 8.07. The van der Waals surface area contributed by atoms with E-state index in [0.717, 1.165) is 11.3 Å². The van der Waals surface area contributed by atoms with Crippen molar-refractivity contribution in [3.05, 3.63) is 53.1 Å². The minimum Gasteiger partial charge on any atom is -0.497 e. The van der Waals surface area contributed by atoms with Crippen LogP contribution < -0.4 is 19.7 Å². The van der Waals surface area contributed by atoms with Crippen LogP contribution >= 0.6 is 11.6 Å². The van der Waals surface area contributed by atoms with Crippen molar-refractivity contribution in [1.29, 1.82) is 0 Å². The van der Waals surface area contributed by atoms with Crippen molar-refractivity contribution >= 4 is 29.1 Å². The fourth-order valence-corrected chi connectivity index (χ4v) is 2.66. The Labute approximate surface area is 150 Å². The highest BCUT2D eigenvalue weighted by atomic mass is 35.5. The molecular formula is C18H17ClN2O4. The van der Waals surface area contributed by atoms with E-state index in [0.29, 0.717) is 23.0 Å². The van der Waals surface area contributed by atoms with E-state index in [1.54, 1.807) is 25.3 Å². The quantitative estimate of drug-likeness (QED) is 0.889. The zero-order valence-electron chi connectivity index (χ0n) is 13.6. The molecule has 1 aliphatic heterocycles. The molecule has 2 aromatic carbocycles. The smallest absolute Gasteiger partial charge is 0.265 e. The van der Waals surface area contributed by atoms with Crippen LogP contribution in [0.25, 0.3) is 0 Å². The van der Waals surface area contributed by atoms with E-state index in [9.17, 15) is 9.59 Å². The number of anilines is 1. The Morgan fingerprint density at radius 3 is 2.76 bits per heavy atom. The maximum atomic E-state index is 12.2. The summed E-state index contributed by atoms with van der Waals surface area (Å²) >= 11 is 5.99. The summed E-state index contributed by atoms with van der Waals surface area (Å²) in [5.74, 6) is 0.737. The Kier molecular flexibility index (Phi) is 5.09. The molecule has 130 valence electrons. The SMILES string of the molecule is COc1ccc(CNC(=O)CN2C(=O)COc3ccc(Cl)cc32)cc1. The number of benzene rings is 2. The van der Waals surface area contributed by atoms with E-state index in [1.165, 1.54) is 4.90 Å². The van der Waals surface area contributed by atoms with Crippen LogP contribution in [0.2, 0.25) is 5.02 Å².